The van der Waals surface area contributed by atoms with Gasteiger partial charge in [-0.05, 0) is 53.4 Å². The number of ether oxygens (including phenoxy) is 2. The standard InChI is InChI=1S/C20H30O2S/c1-5-7-15(16-8-6-11-23-16)21-17-12-13-14-9-10-20(4,18(13)22-17)19(14,2)3/h6,8,11,13-15,17-18H,5,7,9-10,12H2,1-4H3/t13-,14+,15+,17-,18-,20-/m0/s1. The second-order valence-electron chi connectivity index (χ2n) is 8.60. The van der Waals surface area contributed by atoms with Gasteiger partial charge in [0.1, 0.15) is 0 Å². The van der Waals surface area contributed by atoms with Crippen LogP contribution in [-0.2, 0) is 9.47 Å². The summed E-state index contributed by atoms with van der Waals surface area (Å²) < 4.78 is 13.0. The van der Waals surface area contributed by atoms with E-state index < -0.39 is 0 Å². The summed E-state index contributed by atoms with van der Waals surface area (Å²) in [6, 6.07) is 4.33. The first kappa shape index (κ1) is 16.1. The summed E-state index contributed by atoms with van der Waals surface area (Å²) in [6.45, 7) is 9.63. The molecule has 128 valence electrons. The van der Waals surface area contributed by atoms with Crippen molar-refractivity contribution in [2.24, 2.45) is 22.7 Å². The lowest BCUT2D eigenvalue weighted by molar-refractivity contribution is -0.188. The predicted molar refractivity (Wildman–Crippen MR) is 94.4 cm³/mol. The second-order valence-corrected chi connectivity index (χ2v) is 9.58. The number of thiophene rings is 1. The molecule has 23 heavy (non-hydrogen) atoms. The second kappa shape index (κ2) is 5.57. The summed E-state index contributed by atoms with van der Waals surface area (Å²) in [6.07, 6.45) is 6.65. The third-order valence-electron chi connectivity index (χ3n) is 7.40. The lowest BCUT2D eigenvalue weighted by atomic mass is 9.70. The molecule has 4 rings (SSSR count). The quantitative estimate of drug-likeness (QED) is 0.678. The molecule has 2 heterocycles. The van der Waals surface area contributed by atoms with Crippen molar-refractivity contribution in [1.29, 1.82) is 0 Å². The van der Waals surface area contributed by atoms with E-state index in [2.05, 4.69) is 45.2 Å². The lowest BCUT2D eigenvalue weighted by Gasteiger charge is -2.39. The average Bonchev–Trinajstić information content (AvgIpc) is 3.22. The summed E-state index contributed by atoms with van der Waals surface area (Å²) in [4.78, 5) is 1.35. The highest BCUT2D eigenvalue weighted by molar-refractivity contribution is 7.10. The van der Waals surface area contributed by atoms with E-state index in [0.29, 0.717) is 22.9 Å². The molecule has 0 N–H and O–H groups in total. The van der Waals surface area contributed by atoms with Crippen molar-refractivity contribution in [3.63, 3.8) is 0 Å². The van der Waals surface area contributed by atoms with Crippen molar-refractivity contribution in [2.45, 2.75) is 78.3 Å². The van der Waals surface area contributed by atoms with E-state index in [4.69, 9.17) is 9.47 Å². The van der Waals surface area contributed by atoms with Gasteiger partial charge in [0.25, 0.3) is 0 Å². The molecule has 0 aromatic carbocycles. The van der Waals surface area contributed by atoms with Crippen LogP contribution >= 0.6 is 11.3 Å². The third-order valence-corrected chi connectivity index (χ3v) is 8.36. The maximum atomic E-state index is 6.52. The molecule has 2 aliphatic carbocycles. The van der Waals surface area contributed by atoms with Crippen LogP contribution in [0, 0.1) is 22.7 Å². The van der Waals surface area contributed by atoms with Crippen LogP contribution in [0.2, 0.25) is 0 Å². The van der Waals surface area contributed by atoms with Gasteiger partial charge in [-0.1, -0.05) is 40.2 Å². The highest BCUT2D eigenvalue weighted by Crippen LogP contribution is 2.71. The first-order chi connectivity index (χ1) is 11.0. The smallest absolute Gasteiger partial charge is 0.159 e. The first-order valence-electron chi connectivity index (χ1n) is 9.31. The monoisotopic (exact) mass is 334 g/mol. The molecule has 2 saturated carbocycles. The van der Waals surface area contributed by atoms with Crippen molar-refractivity contribution in [1.82, 2.24) is 0 Å². The maximum Gasteiger partial charge on any atom is 0.159 e. The Morgan fingerprint density at radius 2 is 2.22 bits per heavy atom. The molecule has 1 aliphatic heterocycles. The minimum absolute atomic E-state index is 0.000301. The summed E-state index contributed by atoms with van der Waals surface area (Å²) in [5.41, 5.74) is 0.757. The van der Waals surface area contributed by atoms with E-state index >= 15 is 0 Å². The summed E-state index contributed by atoms with van der Waals surface area (Å²) in [5.74, 6) is 1.52. The third kappa shape index (κ3) is 2.26. The van der Waals surface area contributed by atoms with Crippen LogP contribution in [0.4, 0.5) is 0 Å². The largest absolute Gasteiger partial charge is 0.349 e. The van der Waals surface area contributed by atoms with Crippen molar-refractivity contribution in [2.75, 3.05) is 0 Å². The molecule has 2 bridgehead atoms. The number of rotatable bonds is 5. The van der Waals surface area contributed by atoms with Gasteiger partial charge in [0.15, 0.2) is 6.29 Å². The molecule has 0 spiro atoms. The molecule has 1 aromatic rings. The normalized spacial score (nSPS) is 42.1. The highest BCUT2D eigenvalue weighted by atomic mass is 32.1. The predicted octanol–water partition coefficient (Wildman–Crippen LogP) is 5.79. The zero-order valence-corrected chi connectivity index (χ0v) is 15.7. The van der Waals surface area contributed by atoms with E-state index in [9.17, 15) is 0 Å². The Bertz CT molecular complexity index is 552. The van der Waals surface area contributed by atoms with Crippen LogP contribution in [0.25, 0.3) is 0 Å². The minimum atomic E-state index is -0.000301. The molecule has 3 heteroatoms. The molecule has 3 fully saturated rings. The van der Waals surface area contributed by atoms with Gasteiger partial charge >= 0.3 is 0 Å². The maximum absolute atomic E-state index is 6.52. The lowest BCUT2D eigenvalue weighted by Crippen LogP contribution is -2.38. The van der Waals surface area contributed by atoms with Crippen LogP contribution < -0.4 is 0 Å². The minimum Gasteiger partial charge on any atom is -0.349 e. The van der Waals surface area contributed by atoms with Gasteiger partial charge in [0.05, 0.1) is 12.2 Å². The number of fused-ring (bicyclic) bond motifs is 5. The molecular formula is C20H30O2S. The Balaban J connectivity index is 1.48. The zero-order valence-electron chi connectivity index (χ0n) is 14.9. The van der Waals surface area contributed by atoms with Gasteiger partial charge in [-0.2, -0.15) is 0 Å². The highest BCUT2D eigenvalue weighted by Gasteiger charge is 2.69. The van der Waals surface area contributed by atoms with Crippen molar-refractivity contribution in [3.8, 4) is 0 Å². The Kier molecular flexibility index (Phi) is 3.90. The Morgan fingerprint density at radius 3 is 2.87 bits per heavy atom. The average molecular weight is 335 g/mol. The molecule has 6 atom stereocenters. The molecule has 3 aliphatic rings. The molecule has 0 amide bonds. The van der Waals surface area contributed by atoms with E-state index in [0.717, 1.165) is 25.2 Å². The van der Waals surface area contributed by atoms with Gasteiger partial charge in [0.2, 0.25) is 0 Å². The van der Waals surface area contributed by atoms with E-state index in [1.165, 1.54) is 17.7 Å². The molecule has 0 radical (unpaired) electrons. The van der Waals surface area contributed by atoms with E-state index in [-0.39, 0.29) is 12.4 Å². The van der Waals surface area contributed by atoms with Gasteiger partial charge in [-0.15, -0.1) is 11.3 Å². The number of hydrogen-bond donors (Lipinski definition) is 0. The van der Waals surface area contributed by atoms with Crippen molar-refractivity contribution in [3.05, 3.63) is 22.4 Å². The van der Waals surface area contributed by atoms with Crippen molar-refractivity contribution < 1.29 is 9.47 Å². The SMILES string of the molecule is CCC[C@@H](O[C@@H]1C[C@H]2[C@H]3CC[C@@](C)([C@H]2O1)C3(C)C)c1cccs1. The fourth-order valence-electron chi connectivity index (χ4n) is 5.77. The summed E-state index contributed by atoms with van der Waals surface area (Å²) >= 11 is 1.81. The van der Waals surface area contributed by atoms with Crippen LogP contribution in [0.3, 0.4) is 0 Å². The number of hydrogen-bond acceptors (Lipinski definition) is 3. The molecule has 2 nitrogen and oxygen atoms in total. The molecule has 1 saturated heterocycles. The molecular weight excluding hydrogens is 304 g/mol. The first-order valence-corrected chi connectivity index (χ1v) is 10.2. The Hall–Kier alpha value is -0.380. The topological polar surface area (TPSA) is 18.5 Å². The summed E-state index contributed by atoms with van der Waals surface area (Å²) in [7, 11) is 0. The molecule has 0 unspecified atom stereocenters. The van der Waals surface area contributed by atoms with Crippen LogP contribution in [0.5, 0.6) is 0 Å². The Labute approximate surface area is 144 Å². The van der Waals surface area contributed by atoms with Crippen LogP contribution in [0.15, 0.2) is 17.5 Å². The van der Waals surface area contributed by atoms with E-state index in [1.54, 1.807) is 0 Å². The fraction of sp³-hybridized carbons (Fsp3) is 0.800. The van der Waals surface area contributed by atoms with Gasteiger partial charge in [0, 0.05) is 11.3 Å². The molecule has 1 aromatic heterocycles. The zero-order chi connectivity index (χ0) is 16.2. The van der Waals surface area contributed by atoms with Gasteiger partial charge < -0.3 is 9.47 Å². The van der Waals surface area contributed by atoms with Gasteiger partial charge in [-0.25, -0.2) is 0 Å². The van der Waals surface area contributed by atoms with Crippen LogP contribution in [0.1, 0.15) is 70.8 Å². The fourth-order valence-corrected chi connectivity index (χ4v) is 6.57. The van der Waals surface area contributed by atoms with Crippen molar-refractivity contribution >= 4 is 11.3 Å². The van der Waals surface area contributed by atoms with Gasteiger partial charge in [-0.3, -0.25) is 0 Å². The van der Waals surface area contributed by atoms with E-state index in [1.807, 2.05) is 11.3 Å². The van der Waals surface area contributed by atoms with Crippen LogP contribution in [-0.4, -0.2) is 12.4 Å². The Morgan fingerprint density at radius 1 is 1.39 bits per heavy atom. The summed E-state index contributed by atoms with van der Waals surface area (Å²) in [5, 5.41) is 2.15.